The molecule has 0 aliphatic carbocycles. The second kappa shape index (κ2) is 6.08. The topological polar surface area (TPSA) is 34.4 Å². The highest BCUT2D eigenvalue weighted by molar-refractivity contribution is 6.05. The van der Waals surface area contributed by atoms with E-state index < -0.39 is 0 Å². The van der Waals surface area contributed by atoms with E-state index in [9.17, 15) is 4.39 Å². The first-order chi connectivity index (χ1) is 13.8. The van der Waals surface area contributed by atoms with E-state index >= 15 is 0 Å². The van der Waals surface area contributed by atoms with Crippen LogP contribution in [-0.2, 0) is 4.74 Å². The highest BCUT2D eigenvalue weighted by atomic mass is 19.1. The van der Waals surface area contributed by atoms with Crippen LogP contribution in [0.4, 0.5) is 10.1 Å². The Morgan fingerprint density at radius 3 is 2.79 bits per heavy atom. The minimum absolute atomic E-state index is 0.0671. The first kappa shape index (κ1) is 16.1. The SMILES string of the molecule is Fc1ccc2c(c1)[C@@H]1OCCC[C@@H]1[C@@H](c1ccc3oc4ccccc4c3c1)N2. The van der Waals surface area contributed by atoms with Crippen molar-refractivity contribution < 1.29 is 13.5 Å². The van der Waals surface area contributed by atoms with Gasteiger partial charge in [0.1, 0.15) is 17.0 Å². The Balaban J connectivity index is 1.49. The second-order valence-corrected chi connectivity index (χ2v) is 7.80. The molecule has 1 saturated heterocycles. The van der Waals surface area contributed by atoms with Gasteiger partial charge in [-0.3, -0.25) is 0 Å². The summed E-state index contributed by atoms with van der Waals surface area (Å²) in [6.45, 7) is 0.731. The molecule has 140 valence electrons. The summed E-state index contributed by atoms with van der Waals surface area (Å²) in [5.41, 5.74) is 4.93. The lowest BCUT2D eigenvalue weighted by atomic mass is 9.77. The molecular formula is C24H20FNO2. The zero-order valence-corrected chi connectivity index (χ0v) is 15.3. The molecule has 28 heavy (non-hydrogen) atoms. The van der Waals surface area contributed by atoms with E-state index in [-0.39, 0.29) is 23.9 Å². The van der Waals surface area contributed by atoms with E-state index in [1.54, 1.807) is 6.07 Å². The van der Waals surface area contributed by atoms with Crippen molar-refractivity contribution >= 4 is 27.6 Å². The number of hydrogen-bond acceptors (Lipinski definition) is 3. The number of furan rings is 1. The summed E-state index contributed by atoms with van der Waals surface area (Å²) < 4.78 is 26.0. The van der Waals surface area contributed by atoms with Gasteiger partial charge in [0.15, 0.2) is 0 Å². The van der Waals surface area contributed by atoms with Crippen molar-refractivity contribution in [1.82, 2.24) is 0 Å². The van der Waals surface area contributed by atoms with Crippen LogP contribution < -0.4 is 5.32 Å². The lowest BCUT2D eigenvalue weighted by Gasteiger charge is -2.43. The molecule has 6 rings (SSSR count). The van der Waals surface area contributed by atoms with Gasteiger partial charge >= 0.3 is 0 Å². The number of benzene rings is 3. The van der Waals surface area contributed by atoms with Gasteiger partial charge in [0.2, 0.25) is 0 Å². The molecule has 3 aromatic carbocycles. The van der Waals surface area contributed by atoms with Crippen LogP contribution >= 0.6 is 0 Å². The van der Waals surface area contributed by atoms with Crippen LogP contribution in [0.2, 0.25) is 0 Å². The molecule has 4 heteroatoms. The summed E-state index contributed by atoms with van der Waals surface area (Å²) in [5, 5.41) is 5.93. The first-order valence-corrected chi connectivity index (χ1v) is 9.87. The van der Waals surface area contributed by atoms with E-state index in [4.69, 9.17) is 9.15 Å². The third kappa shape index (κ3) is 2.38. The summed E-state index contributed by atoms with van der Waals surface area (Å²) >= 11 is 0. The monoisotopic (exact) mass is 373 g/mol. The zero-order chi connectivity index (χ0) is 18.7. The molecule has 0 unspecified atom stereocenters. The molecule has 0 bridgehead atoms. The predicted molar refractivity (Wildman–Crippen MR) is 108 cm³/mol. The average Bonchev–Trinajstić information content (AvgIpc) is 3.11. The first-order valence-electron chi connectivity index (χ1n) is 9.87. The van der Waals surface area contributed by atoms with Crippen LogP contribution in [0.15, 0.2) is 65.1 Å². The average molecular weight is 373 g/mol. The Hall–Kier alpha value is -2.85. The van der Waals surface area contributed by atoms with Crippen molar-refractivity contribution in [3.05, 3.63) is 77.6 Å². The number of halogens is 1. The molecule has 3 nitrogen and oxygen atoms in total. The fourth-order valence-corrected chi connectivity index (χ4v) is 4.91. The Bertz CT molecular complexity index is 1200. The van der Waals surface area contributed by atoms with Gasteiger partial charge < -0.3 is 14.5 Å². The van der Waals surface area contributed by atoms with Gasteiger partial charge in [-0.15, -0.1) is 0 Å². The molecule has 1 N–H and O–H groups in total. The molecule has 3 heterocycles. The summed E-state index contributed by atoms with van der Waals surface area (Å²) in [7, 11) is 0. The Labute approximate surface area is 162 Å². The second-order valence-electron chi connectivity index (χ2n) is 7.80. The quantitative estimate of drug-likeness (QED) is 0.421. The smallest absolute Gasteiger partial charge is 0.135 e. The van der Waals surface area contributed by atoms with Crippen molar-refractivity contribution in [1.29, 1.82) is 0 Å². The van der Waals surface area contributed by atoms with Crippen molar-refractivity contribution in [2.45, 2.75) is 25.0 Å². The van der Waals surface area contributed by atoms with Gasteiger partial charge in [0, 0.05) is 34.5 Å². The Kier molecular flexibility index (Phi) is 3.50. The van der Waals surface area contributed by atoms with Gasteiger partial charge in [-0.25, -0.2) is 4.39 Å². The fraction of sp³-hybridized carbons (Fsp3) is 0.250. The van der Waals surface area contributed by atoms with Crippen LogP contribution in [0.5, 0.6) is 0 Å². The molecule has 0 radical (unpaired) electrons. The van der Waals surface area contributed by atoms with Crippen LogP contribution in [0.25, 0.3) is 21.9 Å². The van der Waals surface area contributed by atoms with E-state index in [2.05, 4.69) is 29.6 Å². The Morgan fingerprint density at radius 2 is 1.82 bits per heavy atom. The molecule has 0 saturated carbocycles. The van der Waals surface area contributed by atoms with E-state index in [0.717, 1.165) is 52.6 Å². The highest BCUT2D eigenvalue weighted by Gasteiger charge is 2.40. The summed E-state index contributed by atoms with van der Waals surface area (Å²) in [4.78, 5) is 0. The molecule has 1 aromatic heterocycles. The highest BCUT2D eigenvalue weighted by Crippen LogP contribution is 2.49. The summed E-state index contributed by atoms with van der Waals surface area (Å²) in [6, 6.07) is 19.7. The minimum Gasteiger partial charge on any atom is -0.456 e. The van der Waals surface area contributed by atoms with Gasteiger partial charge in [-0.05, 0) is 54.8 Å². The molecule has 1 fully saturated rings. The normalized spacial score (nSPS) is 24.0. The van der Waals surface area contributed by atoms with Gasteiger partial charge in [0.05, 0.1) is 12.1 Å². The molecule has 4 aromatic rings. The van der Waals surface area contributed by atoms with Gasteiger partial charge in [-0.2, -0.15) is 0 Å². The lowest BCUT2D eigenvalue weighted by Crippen LogP contribution is -2.36. The van der Waals surface area contributed by atoms with Crippen molar-refractivity contribution in [2.75, 3.05) is 11.9 Å². The van der Waals surface area contributed by atoms with Gasteiger partial charge in [0.25, 0.3) is 0 Å². The Morgan fingerprint density at radius 1 is 0.929 bits per heavy atom. The summed E-state index contributed by atoms with van der Waals surface area (Å²) in [6.07, 6.45) is 2.02. The third-order valence-electron chi connectivity index (χ3n) is 6.19. The standard InChI is InChI=1S/C24H20FNO2/c25-15-8-9-20-19(13-15)24-17(5-3-11-27-24)23(26-20)14-7-10-22-18(12-14)16-4-1-2-6-21(16)28-22/h1-2,4,6-10,12-13,17,23-24,26H,3,5,11H2/t17-,23-,24-/m1/s1. The maximum absolute atomic E-state index is 13.9. The number of rotatable bonds is 1. The molecule has 3 atom stereocenters. The predicted octanol–water partition coefficient (Wildman–Crippen LogP) is 6.36. The maximum Gasteiger partial charge on any atom is 0.135 e. The number of fused-ring (bicyclic) bond motifs is 6. The number of hydrogen-bond donors (Lipinski definition) is 1. The molecule has 0 amide bonds. The largest absolute Gasteiger partial charge is 0.456 e. The lowest BCUT2D eigenvalue weighted by molar-refractivity contribution is -0.0382. The van der Waals surface area contributed by atoms with Crippen LogP contribution in [0.1, 0.15) is 36.1 Å². The van der Waals surface area contributed by atoms with Gasteiger partial charge in [-0.1, -0.05) is 24.3 Å². The fourth-order valence-electron chi connectivity index (χ4n) is 4.91. The molecule has 2 aliphatic heterocycles. The summed E-state index contributed by atoms with van der Waals surface area (Å²) in [5.74, 6) is 0.0666. The number of anilines is 1. The molecule has 2 aliphatic rings. The van der Waals surface area contributed by atoms with E-state index in [0.29, 0.717) is 0 Å². The van der Waals surface area contributed by atoms with E-state index in [1.165, 1.54) is 11.6 Å². The molecule has 0 spiro atoms. The van der Waals surface area contributed by atoms with Crippen LogP contribution in [-0.4, -0.2) is 6.61 Å². The number of para-hydroxylation sites is 1. The van der Waals surface area contributed by atoms with Crippen LogP contribution in [0.3, 0.4) is 0 Å². The zero-order valence-electron chi connectivity index (χ0n) is 15.3. The molecular weight excluding hydrogens is 353 g/mol. The number of nitrogens with one attached hydrogen (secondary N) is 1. The van der Waals surface area contributed by atoms with Crippen molar-refractivity contribution in [3.63, 3.8) is 0 Å². The van der Waals surface area contributed by atoms with Crippen LogP contribution in [0, 0.1) is 11.7 Å². The number of ether oxygens (including phenoxy) is 1. The van der Waals surface area contributed by atoms with Crippen molar-refractivity contribution in [2.24, 2.45) is 5.92 Å². The van der Waals surface area contributed by atoms with E-state index in [1.807, 2.05) is 24.3 Å². The third-order valence-corrected chi connectivity index (χ3v) is 6.19. The maximum atomic E-state index is 13.9. The van der Waals surface area contributed by atoms with Crippen molar-refractivity contribution in [3.8, 4) is 0 Å². The minimum atomic E-state index is -0.210.